The average Bonchev–Trinajstić information content (AvgIpc) is 3.37. The van der Waals surface area contributed by atoms with Crippen molar-refractivity contribution in [2.24, 2.45) is 5.10 Å². The number of hydrogen-bond donors (Lipinski definition) is 1. The van der Waals surface area contributed by atoms with Gasteiger partial charge in [0, 0.05) is 22.6 Å². The van der Waals surface area contributed by atoms with Crippen molar-refractivity contribution in [2.45, 2.75) is 13.8 Å². The van der Waals surface area contributed by atoms with Crippen LogP contribution in [0.1, 0.15) is 37.7 Å². The smallest absolute Gasteiger partial charge is 0.337 e. The van der Waals surface area contributed by atoms with Crippen LogP contribution in [0.15, 0.2) is 53.6 Å². The van der Waals surface area contributed by atoms with E-state index in [2.05, 4.69) is 15.5 Å². The highest BCUT2D eigenvalue weighted by Crippen LogP contribution is 2.26. The second-order valence-electron chi connectivity index (χ2n) is 7.27. The van der Waals surface area contributed by atoms with Crippen molar-refractivity contribution in [1.29, 1.82) is 0 Å². The van der Waals surface area contributed by atoms with E-state index in [1.807, 2.05) is 48.7 Å². The largest absolute Gasteiger partial charge is 0.465 e. The summed E-state index contributed by atoms with van der Waals surface area (Å²) < 4.78 is 12.7. The molecule has 33 heavy (non-hydrogen) atoms. The van der Waals surface area contributed by atoms with Crippen LogP contribution in [0.5, 0.6) is 0 Å². The quantitative estimate of drug-likeness (QED) is 0.253. The van der Waals surface area contributed by atoms with Crippen LogP contribution in [0.25, 0.3) is 15.9 Å². The van der Waals surface area contributed by atoms with E-state index in [1.165, 1.54) is 31.6 Å². The summed E-state index contributed by atoms with van der Waals surface area (Å²) in [5, 5.41) is 5.05. The first kappa shape index (κ1) is 22.2. The Morgan fingerprint density at radius 2 is 1.70 bits per heavy atom. The van der Waals surface area contributed by atoms with E-state index in [-0.39, 0.29) is 11.1 Å². The van der Waals surface area contributed by atoms with Gasteiger partial charge in [-0.1, -0.05) is 23.5 Å². The van der Waals surface area contributed by atoms with Crippen LogP contribution < -0.4 is 5.43 Å². The molecular weight excluding hydrogens is 440 g/mol. The molecule has 2 heterocycles. The third-order valence-electron chi connectivity index (χ3n) is 5.15. The fourth-order valence-corrected chi connectivity index (χ4v) is 4.42. The summed E-state index contributed by atoms with van der Waals surface area (Å²) in [5.74, 6) is -1.07. The monoisotopic (exact) mass is 462 g/mol. The Morgan fingerprint density at radius 1 is 1.03 bits per heavy atom. The van der Waals surface area contributed by atoms with Gasteiger partial charge in [-0.2, -0.15) is 5.10 Å². The number of fused-ring (bicyclic) bond motifs is 1. The minimum atomic E-state index is -0.536. The molecule has 4 aromatic rings. The molecule has 9 heteroatoms. The second kappa shape index (κ2) is 9.25. The molecule has 0 aliphatic heterocycles. The van der Waals surface area contributed by atoms with E-state index >= 15 is 0 Å². The second-order valence-corrected chi connectivity index (χ2v) is 8.30. The first-order valence-electron chi connectivity index (χ1n) is 10.1. The van der Waals surface area contributed by atoms with Crippen LogP contribution in [0.2, 0.25) is 0 Å². The third kappa shape index (κ3) is 4.49. The molecule has 8 nitrogen and oxygen atoms in total. The van der Waals surface area contributed by atoms with Crippen molar-refractivity contribution >= 4 is 44.8 Å². The van der Waals surface area contributed by atoms with E-state index in [0.29, 0.717) is 10.8 Å². The molecule has 0 saturated carbocycles. The maximum absolute atomic E-state index is 12.2. The van der Waals surface area contributed by atoms with E-state index in [9.17, 15) is 9.59 Å². The highest BCUT2D eigenvalue weighted by molar-refractivity contribution is 7.22. The molecule has 0 unspecified atom stereocenters. The van der Waals surface area contributed by atoms with Crippen molar-refractivity contribution in [2.75, 3.05) is 19.6 Å². The van der Waals surface area contributed by atoms with Crippen LogP contribution in [0.3, 0.4) is 0 Å². The summed E-state index contributed by atoms with van der Waals surface area (Å²) in [6, 6.07) is 14.7. The first-order valence-corrected chi connectivity index (χ1v) is 10.9. The fraction of sp³-hybridized carbons (Fsp3) is 0.167. The number of nitrogens with zero attached hydrogens (tertiary/aromatic N) is 3. The number of carbonyl (C=O) groups excluding carboxylic acids is 2. The molecule has 1 N–H and O–H groups in total. The van der Waals surface area contributed by atoms with Crippen LogP contribution in [0, 0.1) is 13.8 Å². The molecule has 4 rings (SSSR count). The fourth-order valence-electron chi connectivity index (χ4n) is 3.60. The van der Waals surface area contributed by atoms with Gasteiger partial charge in [0.05, 0.1) is 41.8 Å². The van der Waals surface area contributed by atoms with Crippen LogP contribution >= 0.6 is 11.3 Å². The molecule has 2 aromatic carbocycles. The van der Waals surface area contributed by atoms with Gasteiger partial charge in [0.2, 0.25) is 5.13 Å². The van der Waals surface area contributed by atoms with Gasteiger partial charge in [0.1, 0.15) is 0 Å². The van der Waals surface area contributed by atoms with E-state index < -0.39 is 11.9 Å². The lowest BCUT2D eigenvalue weighted by Crippen LogP contribution is -2.10. The highest BCUT2D eigenvalue weighted by atomic mass is 32.1. The van der Waals surface area contributed by atoms with Crippen LogP contribution in [-0.4, -0.2) is 41.9 Å². The number of para-hydroxylation sites is 1. The van der Waals surface area contributed by atoms with Gasteiger partial charge in [0.15, 0.2) is 0 Å². The number of ether oxygens (including phenoxy) is 2. The number of esters is 2. The number of methoxy groups -OCH3 is 2. The topological polar surface area (TPSA) is 94.8 Å². The van der Waals surface area contributed by atoms with E-state index in [1.54, 1.807) is 18.3 Å². The number of aromatic nitrogens is 2. The zero-order chi connectivity index (χ0) is 23.5. The number of carbonyl (C=O) groups is 2. The van der Waals surface area contributed by atoms with Crippen molar-refractivity contribution in [3.8, 4) is 5.69 Å². The van der Waals surface area contributed by atoms with Gasteiger partial charge in [-0.15, -0.1) is 0 Å². The summed E-state index contributed by atoms with van der Waals surface area (Å²) in [6.07, 6.45) is 1.72. The van der Waals surface area contributed by atoms with Gasteiger partial charge in [-0.3, -0.25) is 5.43 Å². The van der Waals surface area contributed by atoms with Crippen molar-refractivity contribution in [3.05, 3.63) is 76.6 Å². The Morgan fingerprint density at radius 3 is 2.33 bits per heavy atom. The average molecular weight is 463 g/mol. The van der Waals surface area contributed by atoms with Crippen molar-refractivity contribution < 1.29 is 19.1 Å². The molecule has 0 aliphatic carbocycles. The van der Waals surface area contributed by atoms with E-state index in [4.69, 9.17) is 9.47 Å². The van der Waals surface area contributed by atoms with Crippen LogP contribution in [0.4, 0.5) is 5.13 Å². The summed E-state index contributed by atoms with van der Waals surface area (Å²) in [7, 11) is 2.60. The molecule has 0 spiro atoms. The van der Waals surface area contributed by atoms with Gasteiger partial charge in [0.25, 0.3) is 0 Å². The first-order chi connectivity index (χ1) is 15.9. The van der Waals surface area contributed by atoms with E-state index in [0.717, 1.165) is 27.2 Å². The standard InChI is InChI=1S/C24H22N4O4S/c1-14-9-18(13-25-27-24-26-20-7-5-6-8-21(20)33-24)15(2)28(14)19-11-16(22(29)31-3)10-17(12-19)23(30)32-4/h5-13H,1-4H3,(H,26,27)/b25-13+. The van der Waals surface area contributed by atoms with Gasteiger partial charge < -0.3 is 14.0 Å². The number of rotatable bonds is 6. The summed E-state index contributed by atoms with van der Waals surface area (Å²) in [4.78, 5) is 28.8. The SMILES string of the molecule is COC(=O)c1cc(C(=O)OC)cc(-n2c(C)cc(/C=N/Nc3nc4ccccc4s3)c2C)c1. The molecule has 0 bridgehead atoms. The maximum atomic E-state index is 12.2. The lowest BCUT2D eigenvalue weighted by atomic mass is 10.1. The molecule has 0 amide bonds. The molecule has 0 fully saturated rings. The number of hydrogen-bond acceptors (Lipinski definition) is 8. The molecule has 0 atom stereocenters. The Bertz CT molecular complexity index is 1320. The zero-order valence-corrected chi connectivity index (χ0v) is 19.4. The number of benzene rings is 2. The maximum Gasteiger partial charge on any atom is 0.337 e. The van der Waals surface area contributed by atoms with Gasteiger partial charge in [-0.05, 0) is 50.2 Å². The Labute approximate surface area is 194 Å². The van der Waals surface area contributed by atoms with Gasteiger partial charge in [-0.25, -0.2) is 14.6 Å². The summed E-state index contributed by atoms with van der Waals surface area (Å²) in [5.41, 5.74) is 7.75. The molecule has 0 saturated heterocycles. The minimum Gasteiger partial charge on any atom is -0.465 e. The normalized spacial score (nSPS) is 11.2. The lowest BCUT2D eigenvalue weighted by Gasteiger charge is -2.13. The molecule has 168 valence electrons. The lowest BCUT2D eigenvalue weighted by molar-refractivity contribution is 0.0599. The molecule has 0 radical (unpaired) electrons. The van der Waals surface area contributed by atoms with Crippen molar-refractivity contribution in [1.82, 2.24) is 9.55 Å². The predicted molar refractivity (Wildman–Crippen MR) is 129 cm³/mol. The zero-order valence-electron chi connectivity index (χ0n) is 18.6. The summed E-state index contributed by atoms with van der Waals surface area (Å²) >= 11 is 1.53. The van der Waals surface area contributed by atoms with Crippen molar-refractivity contribution in [3.63, 3.8) is 0 Å². The van der Waals surface area contributed by atoms with Crippen LogP contribution in [-0.2, 0) is 9.47 Å². The molecular formula is C24H22N4O4S. The minimum absolute atomic E-state index is 0.260. The van der Waals surface area contributed by atoms with Gasteiger partial charge >= 0.3 is 11.9 Å². The number of thiazole rings is 1. The number of hydrazone groups is 1. The predicted octanol–water partition coefficient (Wildman–Crippen LogP) is 4.72. The number of anilines is 1. The third-order valence-corrected chi connectivity index (χ3v) is 6.09. The Hall–Kier alpha value is -3.98. The highest BCUT2D eigenvalue weighted by Gasteiger charge is 2.17. The summed E-state index contributed by atoms with van der Waals surface area (Å²) in [6.45, 7) is 3.88. The number of nitrogens with one attached hydrogen (secondary N) is 1. The Balaban J connectivity index is 1.66. The molecule has 2 aromatic heterocycles. The Kier molecular flexibility index (Phi) is 6.23. The molecule has 0 aliphatic rings. The number of aryl methyl sites for hydroxylation is 1.